The van der Waals surface area contributed by atoms with Crippen LogP contribution in [-0.4, -0.2) is 53.0 Å². The minimum Gasteiger partial charge on any atom is -0.493 e. The van der Waals surface area contributed by atoms with Gasteiger partial charge in [-0.15, -0.1) is 0 Å². The van der Waals surface area contributed by atoms with E-state index in [4.69, 9.17) is 28.4 Å². The van der Waals surface area contributed by atoms with Gasteiger partial charge >= 0.3 is 5.97 Å². The summed E-state index contributed by atoms with van der Waals surface area (Å²) in [6.07, 6.45) is 0. The Bertz CT molecular complexity index is 934. The molecule has 0 aliphatic carbocycles. The first-order valence-electron chi connectivity index (χ1n) is 9.62. The van der Waals surface area contributed by atoms with Gasteiger partial charge in [-0.05, 0) is 36.8 Å². The van der Waals surface area contributed by atoms with E-state index in [2.05, 4.69) is 5.32 Å². The molecule has 1 amide bonds. The van der Waals surface area contributed by atoms with Crippen LogP contribution in [-0.2, 0) is 9.53 Å². The fourth-order valence-electron chi connectivity index (χ4n) is 3.11. The molecule has 0 radical (unpaired) electrons. The molecule has 166 valence electrons. The van der Waals surface area contributed by atoms with Crippen molar-refractivity contribution in [1.29, 1.82) is 0 Å². The highest BCUT2D eigenvalue weighted by molar-refractivity contribution is 5.92. The predicted molar refractivity (Wildman–Crippen MR) is 110 cm³/mol. The summed E-state index contributed by atoms with van der Waals surface area (Å²) in [5.41, 5.74) is 1.01. The first-order chi connectivity index (χ1) is 15.0. The van der Waals surface area contributed by atoms with Gasteiger partial charge in [-0.1, -0.05) is 6.07 Å². The molecule has 1 aliphatic rings. The van der Waals surface area contributed by atoms with Gasteiger partial charge in [0.05, 0.1) is 32.9 Å². The van der Waals surface area contributed by atoms with Crippen molar-refractivity contribution in [1.82, 2.24) is 5.32 Å². The van der Waals surface area contributed by atoms with Crippen LogP contribution in [0.15, 0.2) is 30.3 Å². The SMILES string of the molecule is COc1cc(C(=O)OCC(=O)N[C@@H](C)c2ccc3c(c2)OCCO3)cc(OC)c1OC. The lowest BCUT2D eigenvalue weighted by Gasteiger charge is -2.21. The average molecular weight is 431 g/mol. The van der Waals surface area contributed by atoms with E-state index in [0.717, 1.165) is 5.56 Å². The van der Waals surface area contributed by atoms with E-state index < -0.39 is 18.5 Å². The van der Waals surface area contributed by atoms with Crippen LogP contribution in [0.25, 0.3) is 0 Å². The van der Waals surface area contributed by atoms with Crippen LogP contribution in [0.4, 0.5) is 0 Å². The van der Waals surface area contributed by atoms with E-state index in [1.807, 2.05) is 19.1 Å². The molecule has 0 aromatic heterocycles. The molecule has 1 N–H and O–H groups in total. The number of carbonyl (C=O) groups excluding carboxylic acids is 2. The van der Waals surface area contributed by atoms with Crippen molar-refractivity contribution in [2.45, 2.75) is 13.0 Å². The predicted octanol–water partition coefficient (Wildman–Crippen LogP) is 2.52. The molecular formula is C22H25NO8. The molecular weight excluding hydrogens is 406 g/mol. The van der Waals surface area contributed by atoms with Gasteiger partial charge in [-0.25, -0.2) is 4.79 Å². The number of carbonyl (C=O) groups is 2. The number of fused-ring (bicyclic) bond motifs is 1. The van der Waals surface area contributed by atoms with Crippen LogP contribution < -0.4 is 29.0 Å². The summed E-state index contributed by atoms with van der Waals surface area (Å²) in [7, 11) is 4.35. The van der Waals surface area contributed by atoms with E-state index >= 15 is 0 Å². The van der Waals surface area contributed by atoms with E-state index in [-0.39, 0.29) is 11.6 Å². The molecule has 1 aliphatic heterocycles. The lowest BCUT2D eigenvalue weighted by atomic mass is 10.1. The quantitative estimate of drug-likeness (QED) is 0.637. The van der Waals surface area contributed by atoms with Crippen molar-refractivity contribution in [2.24, 2.45) is 0 Å². The largest absolute Gasteiger partial charge is 0.493 e. The van der Waals surface area contributed by atoms with E-state index in [9.17, 15) is 9.59 Å². The summed E-state index contributed by atoms with van der Waals surface area (Å²) in [6.45, 7) is 2.37. The van der Waals surface area contributed by atoms with Crippen LogP contribution in [0.3, 0.4) is 0 Å². The van der Waals surface area contributed by atoms with Gasteiger partial charge in [0.1, 0.15) is 13.2 Å². The highest BCUT2D eigenvalue weighted by Crippen LogP contribution is 2.38. The minimum atomic E-state index is -0.693. The van der Waals surface area contributed by atoms with Crippen LogP contribution >= 0.6 is 0 Å². The Morgan fingerprint density at radius 1 is 0.968 bits per heavy atom. The Hall–Kier alpha value is -3.62. The van der Waals surface area contributed by atoms with Crippen molar-refractivity contribution in [3.8, 4) is 28.7 Å². The first-order valence-corrected chi connectivity index (χ1v) is 9.62. The topological polar surface area (TPSA) is 102 Å². The molecule has 3 rings (SSSR count). The summed E-state index contributed by atoms with van der Waals surface area (Å²) in [6, 6.07) is 8.07. The Morgan fingerprint density at radius 3 is 2.23 bits per heavy atom. The molecule has 31 heavy (non-hydrogen) atoms. The first kappa shape index (κ1) is 22.1. The van der Waals surface area contributed by atoms with Crippen LogP contribution in [0, 0.1) is 0 Å². The molecule has 0 unspecified atom stereocenters. The monoisotopic (exact) mass is 431 g/mol. The van der Waals surface area contributed by atoms with Crippen molar-refractivity contribution < 1.29 is 38.0 Å². The number of amides is 1. The minimum absolute atomic E-state index is 0.169. The second kappa shape index (κ2) is 9.92. The second-order valence-electron chi connectivity index (χ2n) is 6.68. The zero-order chi connectivity index (χ0) is 22.4. The van der Waals surface area contributed by atoms with Crippen LogP contribution in [0.2, 0.25) is 0 Å². The summed E-state index contributed by atoms with van der Waals surface area (Å²) >= 11 is 0. The lowest BCUT2D eigenvalue weighted by Crippen LogP contribution is -2.31. The number of esters is 1. The number of methoxy groups -OCH3 is 3. The molecule has 0 fully saturated rings. The van der Waals surface area contributed by atoms with Gasteiger partial charge in [-0.3, -0.25) is 4.79 Å². The highest BCUT2D eigenvalue weighted by atomic mass is 16.6. The standard InChI is InChI=1S/C22H25NO8/c1-13(14-5-6-16-17(9-14)30-8-7-29-16)23-20(24)12-31-22(25)15-10-18(26-2)21(28-4)19(11-15)27-3/h5-6,9-11,13H,7-8,12H2,1-4H3,(H,23,24)/t13-/m0/s1. The Labute approximate surface area is 180 Å². The fraction of sp³-hybridized carbons (Fsp3) is 0.364. The number of hydrogen-bond donors (Lipinski definition) is 1. The molecule has 1 heterocycles. The summed E-state index contributed by atoms with van der Waals surface area (Å²) in [5, 5.41) is 2.79. The van der Waals surface area contributed by atoms with Gasteiger partial charge in [-0.2, -0.15) is 0 Å². The van der Waals surface area contributed by atoms with Crippen molar-refractivity contribution in [2.75, 3.05) is 41.2 Å². The van der Waals surface area contributed by atoms with Crippen molar-refractivity contribution in [3.05, 3.63) is 41.5 Å². The van der Waals surface area contributed by atoms with Crippen molar-refractivity contribution >= 4 is 11.9 Å². The molecule has 0 bridgehead atoms. The van der Waals surface area contributed by atoms with E-state index in [1.54, 1.807) is 6.07 Å². The molecule has 9 nitrogen and oxygen atoms in total. The van der Waals surface area contributed by atoms with Gasteiger partial charge < -0.3 is 33.7 Å². The Morgan fingerprint density at radius 2 is 1.61 bits per heavy atom. The molecule has 2 aromatic carbocycles. The zero-order valence-electron chi connectivity index (χ0n) is 17.9. The number of benzene rings is 2. The van der Waals surface area contributed by atoms with E-state index in [0.29, 0.717) is 42.0 Å². The van der Waals surface area contributed by atoms with Gasteiger partial charge in [0.25, 0.3) is 5.91 Å². The third-order valence-corrected chi connectivity index (χ3v) is 4.68. The number of rotatable bonds is 8. The van der Waals surface area contributed by atoms with Crippen LogP contribution in [0.1, 0.15) is 28.9 Å². The molecule has 0 saturated carbocycles. The normalized spacial score (nSPS) is 13.0. The maximum absolute atomic E-state index is 12.4. The summed E-state index contributed by atoms with van der Waals surface area (Å²) in [5.74, 6) is 1.15. The molecule has 2 aromatic rings. The molecule has 0 spiro atoms. The fourth-order valence-corrected chi connectivity index (χ4v) is 3.11. The maximum Gasteiger partial charge on any atom is 0.338 e. The third kappa shape index (κ3) is 5.11. The molecule has 1 atom stereocenters. The van der Waals surface area contributed by atoms with Crippen LogP contribution in [0.5, 0.6) is 28.7 Å². The van der Waals surface area contributed by atoms with E-state index in [1.165, 1.54) is 33.5 Å². The number of nitrogens with one attached hydrogen (secondary N) is 1. The zero-order valence-corrected chi connectivity index (χ0v) is 17.9. The third-order valence-electron chi connectivity index (χ3n) is 4.68. The highest BCUT2D eigenvalue weighted by Gasteiger charge is 2.20. The number of hydrogen-bond acceptors (Lipinski definition) is 8. The Balaban J connectivity index is 1.60. The average Bonchev–Trinajstić information content (AvgIpc) is 2.80. The Kier molecular flexibility index (Phi) is 7.07. The van der Waals surface area contributed by atoms with Gasteiger partial charge in [0.2, 0.25) is 5.75 Å². The maximum atomic E-state index is 12.4. The molecule has 9 heteroatoms. The van der Waals surface area contributed by atoms with Crippen molar-refractivity contribution in [3.63, 3.8) is 0 Å². The summed E-state index contributed by atoms with van der Waals surface area (Å²) in [4.78, 5) is 24.7. The second-order valence-corrected chi connectivity index (χ2v) is 6.68. The van der Waals surface area contributed by atoms with Gasteiger partial charge in [0, 0.05) is 0 Å². The van der Waals surface area contributed by atoms with Gasteiger partial charge in [0.15, 0.2) is 29.6 Å². The summed E-state index contributed by atoms with van der Waals surface area (Å²) < 4.78 is 31.9. The molecule has 0 saturated heterocycles. The number of ether oxygens (including phenoxy) is 6. The lowest BCUT2D eigenvalue weighted by molar-refractivity contribution is -0.124. The smallest absolute Gasteiger partial charge is 0.338 e.